The summed E-state index contributed by atoms with van der Waals surface area (Å²) in [6.07, 6.45) is -0.0765. The molecule has 152 valence electrons. The highest BCUT2D eigenvalue weighted by atomic mass is 32.2. The van der Waals surface area contributed by atoms with Crippen LogP contribution in [0.25, 0.3) is 0 Å². The van der Waals surface area contributed by atoms with Gasteiger partial charge in [0.05, 0.1) is 10.6 Å². The van der Waals surface area contributed by atoms with E-state index in [2.05, 4.69) is 24.1 Å². The van der Waals surface area contributed by atoms with Gasteiger partial charge in [0.25, 0.3) is 0 Å². The van der Waals surface area contributed by atoms with Crippen LogP contribution in [0.1, 0.15) is 37.0 Å². The van der Waals surface area contributed by atoms with Gasteiger partial charge < -0.3 is 10.2 Å². The van der Waals surface area contributed by atoms with Gasteiger partial charge in [-0.05, 0) is 70.0 Å². The van der Waals surface area contributed by atoms with Crippen LogP contribution in [0.3, 0.4) is 0 Å². The van der Waals surface area contributed by atoms with Crippen molar-refractivity contribution in [2.24, 2.45) is 0 Å². The zero-order valence-electron chi connectivity index (χ0n) is 17.4. The molecule has 0 spiro atoms. The lowest BCUT2D eigenvalue weighted by Gasteiger charge is -2.22. The predicted molar refractivity (Wildman–Crippen MR) is 116 cm³/mol. The fraction of sp³-hybridized carbons (Fsp3) is 0.409. The number of sulfone groups is 1. The Hall–Kier alpha value is -2.34. The third kappa shape index (κ3) is 5.35. The number of carbonyl (C=O) groups excluding carboxylic acids is 1. The van der Waals surface area contributed by atoms with E-state index in [9.17, 15) is 13.2 Å². The first kappa shape index (κ1) is 22.0. The van der Waals surface area contributed by atoms with Crippen molar-refractivity contribution in [3.63, 3.8) is 0 Å². The molecule has 2 aromatic rings. The van der Waals surface area contributed by atoms with Gasteiger partial charge >= 0.3 is 0 Å². The number of benzene rings is 2. The van der Waals surface area contributed by atoms with Crippen LogP contribution in [0.4, 0.5) is 11.4 Å². The van der Waals surface area contributed by atoms with Gasteiger partial charge in [-0.25, -0.2) is 8.42 Å². The number of aryl methyl sites for hydroxylation is 3. The first-order valence-corrected chi connectivity index (χ1v) is 11.3. The van der Waals surface area contributed by atoms with Crippen molar-refractivity contribution in [2.75, 3.05) is 29.1 Å². The van der Waals surface area contributed by atoms with Crippen LogP contribution in [-0.2, 0) is 14.6 Å². The molecule has 5 nitrogen and oxygen atoms in total. The Morgan fingerprint density at radius 1 is 0.964 bits per heavy atom. The monoisotopic (exact) mass is 402 g/mol. The molecule has 0 fully saturated rings. The molecule has 0 aliphatic heterocycles. The summed E-state index contributed by atoms with van der Waals surface area (Å²) in [4.78, 5) is 14.9. The van der Waals surface area contributed by atoms with Crippen LogP contribution in [-0.4, -0.2) is 33.2 Å². The van der Waals surface area contributed by atoms with Gasteiger partial charge in [-0.3, -0.25) is 4.79 Å². The van der Waals surface area contributed by atoms with Crippen molar-refractivity contribution < 1.29 is 13.2 Å². The molecule has 28 heavy (non-hydrogen) atoms. The Labute approximate surface area is 168 Å². The summed E-state index contributed by atoms with van der Waals surface area (Å²) in [5.41, 5.74) is 4.50. The molecule has 2 rings (SSSR count). The average Bonchev–Trinajstić information content (AvgIpc) is 2.63. The first-order valence-electron chi connectivity index (χ1n) is 9.63. The fourth-order valence-electron chi connectivity index (χ4n) is 3.27. The maximum absolute atomic E-state index is 12.6. The number of nitrogens with zero attached hydrogens (tertiary/aromatic N) is 1. The first-order chi connectivity index (χ1) is 13.2. The smallest absolute Gasteiger partial charge is 0.225 e. The van der Waals surface area contributed by atoms with Crippen LogP contribution in [0.15, 0.2) is 41.3 Å². The molecular formula is C22H30N2O3S. The third-order valence-corrected chi connectivity index (χ3v) is 6.75. The van der Waals surface area contributed by atoms with Crippen LogP contribution in [0.5, 0.6) is 0 Å². The Morgan fingerprint density at radius 3 is 2.21 bits per heavy atom. The number of amides is 1. The Kier molecular flexibility index (Phi) is 7.24. The molecular weight excluding hydrogens is 372 g/mol. The molecule has 0 aromatic heterocycles. The average molecular weight is 403 g/mol. The molecule has 1 amide bonds. The molecule has 0 heterocycles. The van der Waals surface area contributed by atoms with Crippen molar-refractivity contribution in [2.45, 2.75) is 45.9 Å². The van der Waals surface area contributed by atoms with Gasteiger partial charge in [0.15, 0.2) is 9.84 Å². The Bertz CT molecular complexity index is 948. The summed E-state index contributed by atoms with van der Waals surface area (Å²) < 4.78 is 25.2. The van der Waals surface area contributed by atoms with Crippen molar-refractivity contribution in [3.8, 4) is 0 Å². The van der Waals surface area contributed by atoms with E-state index in [1.165, 1.54) is 0 Å². The number of rotatable bonds is 8. The lowest BCUT2D eigenvalue weighted by atomic mass is 10.1. The molecule has 0 bridgehead atoms. The molecule has 0 atom stereocenters. The number of hydrogen-bond acceptors (Lipinski definition) is 4. The quantitative estimate of drug-likeness (QED) is 0.716. The molecule has 6 heteroatoms. The Morgan fingerprint density at radius 2 is 1.64 bits per heavy atom. The summed E-state index contributed by atoms with van der Waals surface area (Å²) in [6, 6.07) is 11.1. The highest BCUT2D eigenvalue weighted by Gasteiger charge is 2.19. The zero-order chi connectivity index (χ0) is 20.9. The van der Waals surface area contributed by atoms with Gasteiger partial charge in [-0.2, -0.15) is 0 Å². The van der Waals surface area contributed by atoms with E-state index >= 15 is 0 Å². The normalized spacial score (nSPS) is 11.3. The molecule has 0 aliphatic carbocycles. The Balaban J connectivity index is 2.04. The molecule has 0 unspecified atom stereocenters. The summed E-state index contributed by atoms with van der Waals surface area (Å²) in [7, 11) is -3.50. The minimum absolute atomic E-state index is 0.0765. The van der Waals surface area contributed by atoms with E-state index in [1.807, 2.05) is 38.1 Å². The van der Waals surface area contributed by atoms with Gasteiger partial charge in [0.2, 0.25) is 5.91 Å². The van der Waals surface area contributed by atoms with Crippen molar-refractivity contribution in [1.82, 2.24) is 0 Å². The molecule has 0 radical (unpaired) electrons. The lowest BCUT2D eigenvalue weighted by Crippen LogP contribution is -2.22. The number of anilines is 2. The number of hydrogen-bond donors (Lipinski definition) is 1. The molecule has 2 aromatic carbocycles. The second-order valence-electron chi connectivity index (χ2n) is 7.06. The van der Waals surface area contributed by atoms with E-state index in [1.54, 1.807) is 19.1 Å². The third-order valence-electron chi connectivity index (χ3n) is 4.88. The minimum Gasteiger partial charge on any atom is -0.372 e. The van der Waals surface area contributed by atoms with E-state index in [0.29, 0.717) is 16.1 Å². The standard InChI is InChI=1S/C22H30N2O3S/c1-6-24(7-2)19-9-10-20(17(4)15-19)23-22(25)12-13-28(26,27)21-11-8-16(3)14-18(21)5/h8-11,14-15H,6-7,12-13H2,1-5H3,(H,23,25). The van der Waals surface area contributed by atoms with Crippen LogP contribution in [0, 0.1) is 20.8 Å². The number of carbonyl (C=O) groups is 1. The molecule has 0 saturated heterocycles. The topological polar surface area (TPSA) is 66.5 Å². The highest BCUT2D eigenvalue weighted by molar-refractivity contribution is 7.91. The van der Waals surface area contributed by atoms with Crippen molar-refractivity contribution in [3.05, 3.63) is 53.1 Å². The van der Waals surface area contributed by atoms with Crippen LogP contribution >= 0.6 is 0 Å². The van der Waals surface area contributed by atoms with Gasteiger partial charge in [0.1, 0.15) is 0 Å². The number of nitrogens with one attached hydrogen (secondary N) is 1. The van der Waals surface area contributed by atoms with Gasteiger partial charge in [-0.15, -0.1) is 0 Å². The second kappa shape index (κ2) is 9.24. The van der Waals surface area contributed by atoms with E-state index in [4.69, 9.17) is 0 Å². The van der Waals surface area contributed by atoms with E-state index in [-0.39, 0.29) is 18.1 Å². The highest BCUT2D eigenvalue weighted by Crippen LogP contribution is 2.23. The second-order valence-corrected chi connectivity index (χ2v) is 9.14. The predicted octanol–water partition coefficient (Wildman–Crippen LogP) is 4.26. The summed E-state index contributed by atoms with van der Waals surface area (Å²) in [5.74, 6) is -0.508. The summed E-state index contributed by atoms with van der Waals surface area (Å²) in [6.45, 7) is 11.7. The summed E-state index contributed by atoms with van der Waals surface area (Å²) >= 11 is 0. The summed E-state index contributed by atoms with van der Waals surface area (Å²) in [5, 5.41) is 2.84. The molecule has 0 saturated carbocycles. The van der Waals surface area contributed by atoms with Crippen molar-refractivity contribution >= 4 is 27.1 Å². The molecule has 0 aliphatic rings. The van der Waals surface area contributed by atoms with Crippen LogP contribution in [0.2, 0.25) is 0 Å². The van der Waals surface area contributed by atoms with E-state index in [0.717, 1.165) is 29.9 Å². The fourth-order valence-corrected chi connectivity index (χ4v) is 4.77. The minimum atomic E-state index is -3.50. The van der Waals surface area contributed by atoms with Crippen molar-refractivity contribution in [1.29, 1.82) is 0 Å². The lowest BCUT2D eigenvalue weighted by molar-refractivity contribution is -0.115. The largest absolute Gasteiger partial charge is 0.372 e. The SMILES string of the molecule is CCN(CC)c1ccc(NC(=O)CCS(=O)(=O)c2ccc(C)cc2C)c(C)c1. The van der Waals surface area contributed by atoms with Crippen LogP contribution < -0.4 is 10.2 Å². The van der Waals surface area contributed by atoms with E-state index < -0.39 is 9.84 Å². The zero-order valence-corrected chi connectivity index (χ0v) is 18.2. The maximum atomic E-state index is 12.6. The maximum Gasteiger partial charge on any atom is 0.225 e. The van der Waals surface area contributed by atoms with Gasteiger partial charge in [0, 0.05) is 30.9 Å². The van der Waals surface area contributed by atoms with Gasteiger partial charge in [-0.1, -0.05) is 17.7 Å². The molecule has 1 N–H and O–H groups in total.